The van der Waals surface area contributed by atoms with Crippen molar-refractivity contribution in [3.05, 3.63) is 28.2 Å². The Morgan fingerprint density at radius 1 is 1.43 bits per heavy atom. The van der Waals surface area contributed by atoms with Gasteiger partial charge in [0, 0.05) is 6.04 Å². The van der Waals surface area contributed by atoms with Crippen LogP contribution in [-0.4, -0.2) is 23.2 Å². The summed E-state index contributed by atoms with van der Waals surface area (Å²) in [6, 6.07) is 5.63. The molecule has 0 heterocycles. The summed E-state index contributed by atoms with van der Waals surface area (Å²) >= 11 is 3.40. The Morgan fingerprint density at radius 3 is 2.76 bits per heavy atom. The number of carbonyl (C=O) groups is 1. The minimum atomic E-state index is -0.539. The molecule has 0 aliphatic heterocycles. The normalized spacial score (nSPS) is 17.3. The molecule has 1 saturated carbocycles. The summed E-state index contributed by atoms with van der Waals surface area (Å²) in [5.74, 6) is 0.540. The van der Waals surface area contributed by atoms with Crippen LogP contribution in [0, 0.1) is 0 Å². The van der Waals surface area contributed by atoms with Crippen molar-refractivity contribution in [3.63, 3.8) is 0 Å². The molecule has 0 bridgehead atoms. The Balaban J connectivity index is 1.90. The van der Waals surface area contributed by atoms with E-state index in [4.69, 9.17) is 9.84 Å². The third-order valence-corrected chi connectivity index (χ3v) is 4.42. The van der Waals surface area contributed by atoms with Gasteiger partial charge in [-0.25, -0.2) is 0 Å². The minimum Gasteiger partial charge on any atom is -0.480 e. The molecule has 1 fully saturated rings. The molecule has 1 aromatic carbocycles. The van der Waals surface area contributed by atoms with Gasteiger partial charge in [0.2, 0.25) is 0 Å². The summed E-state index contributed by atoms with van der Waals surface area (Å²) in [5, 5.41) is 12.1. The van der Waals surface area contributed by atoms with Crippen molar-refractivity contribution >= 4 is 21.8 Å². The second kappa shape index (κ2) is 7.80. The molecule has 0 radical (unpaired) electrons. The molecule has 0 spiro atoms. The molecule has 1 aromatic rings. The van der Waals surface area contributed by atoms with Crippen LogP contribution in [-0.2, 0) is 11.4 Å². The van der Waals surface area contributed by atoms with Crippen molar-refractivity contribution in [2.45, 2.75) is 57.8 Å². The third kappa shape index (κ3) is 4.71. The molecule has 1 aliphatic carbocycles. The van der Waals surface area contributed by atoms with Gasteiger partial charge in [-0.15, -0.1) is 0 Å². The van der Waals surface area contributed by atoms with Crippen LogP contribution in [0.5, 0.6) is 5.75 Å². The van der Waals surface area contributed by atoms with Crippen molar-refractivity contribution in [3.8, 4) is 5.75 Å². The molecule has 1 amide bonds. The zero-order valence-corrected chi connectivity index (χ0v) is 13.9. The first-order valence-corrected chi connectivity index (χ1v) is 8.25. The summed E-state index contributed by atoms with van der Waals surface area (Å²) in [4.78, 5) is 12.2. The number of ether oxygens (including phenoxy) is 1. The zero-order valence-electron chi connectivity index (χ0n) is 12.3. The van der Waals surface area contributed by atoms with Crippen molar-refractivity contribution in [1.29, 1.82) is 0 Å². The highest BCUT2D eigenvalue weighted by Gasteiger charge is 2.21. The predicted octanol–water partition coefficient (Wildman–Crippen LogP) is 3.16. The second-order valence-electron chi connectivity index (χ2n) is 5.53. The van der Waals surface area contributed by atoms with Gasteiger partial charge in [-0.05, 0) is 53.4 Å². The Hall–Kier alpha value is -1.07. The van der Waals surface area contributed by atoms with Crippen LogP contribution < -0.4 is 10.1 Å². The third-order valence-electron chi connectivity index (χ3n) is 3.80. The van der Waals surface area contributed by atoms with E-state index in [2.05, 4.69) is 21.2 Å². The van der Waals surface area contributed by atoms with Crippen molar-refractivity contribution in [1.82, 2.24) is 5.32 Å². The predicted molar refractivity (Wildman–Crippen MR) is 85.2 cm³/mol. The van der Waals surface area contributed by atoms with E-state index < -0.39 is 6.10 Å². The smallest absolute Gasteiger partial charge is 0.260 e. The maximum atomic E-state index is 12.2. The Bertz CT molecular complexity index is 486. The van der Waals surface area contributed by atoms with Gasteiger partial charge in [-0.3, -0.25) is 4.79 Å². The van der Waals surface area contributed by atoms with E-state index in [9.17, 15) is 4.79 Å². The van der Waals surface area contributed by atoms with Crippen LogP contribution in [0.25, 0.3) is 0 Å². The maximum absolute atomic E-state index is 12.2. The van der Waals surface area contributed by atoms with Gasteiger partial charge in [-0.2, -0.15) is 0 Å². The Kier molecular flexibility index (Phi) is 6.06. The van der Waals surface area contributed by atoms with Crippen LogP contribution in [0.15, 0.2) is 22.7 Å². The SMILES string of the molecule is CC(Oc1ccc(CO)cc1Br)C(=O)NC1CCCCC1. The van der Waals surface area contributed by atoms with E-state index in [1.807, 2.05) is 0 Å². The molecule has 0 saturated heterocycles. The van der Waals surface area contributed by atoms with E-state index in [1.165, 1.54) is 19.3 Å². The number of nitrogens with one attached hydrogen (secondary N) is 1. The summed E-state index contributed by atoms with van der Waals surface area (Å²) < 4.78 is 6.45. The van der Waals surface area contributed by atoms with Crippen molar-refractivity contribution < 1.29 is 14.6 Å². The van der Waals surface area contributed by atoms with Crippen LogP contribution >= 0.6 is 15.9 Å². The Morgan fingerprint density at radius 2 is 2.14 bits per heavy atom. The van der Waals surface area contributed by atoms with Gasteiger partial charge < -0.3 is 15.2 Å². The van der Waals surface area contributed by atoms with Crippen LogP contribution in [0.2, 0.25) is 0 Å². The molecule has 21 heavy (non-hydrogen) atoms. The molecule has 116 valence electrons. The number of amides is 1. The second-order valence-corrected chi connectivity index (χ2v) is 6.38. The minimum absolute atomic E-state index is 0.0173. The first kappa shape index (κ1) is 16.3. The highest BCUT2D eigenvalue weighted by Crippen LogP contribution is 2.27. The first-order chi connectivity index (χ1) is 10.1. The number of halogens is 1. The number of aliphatic hydroxyl groups is 1. The highest BCUT2D eigenvalue weighted by molar-refractivity contribution is 9.10. The summed E-state index contributed by atoms with van der Waals surface area (Å²) in [6.07, 6.45) is 5.23. The van der Waals surface area contributed by atoms with Gasteiger partial charge in [0.15, 0.2) is 6.10 Å². The lowest BCUT2D eigenvalue weighted by Crippen LogP contribution is -2.43. The molecule has 2 rings (SSSR count). The number of carbonyl (C=O) groups excluding carboxylic acids is 1. The summed E-state index contributed by atoms with van der Waals surface area (Å²) in [7, 11) is 0. The van der Waals surface area contributed by atoms with Crippen molar-refractivity contribution in [2.75, 3.05) is 0 Å². The van der Waals surface area contributed by atoms with E-state index in [1.54, 1.807) is 25.1 Å². The molecule has 5 heteroatoms. The monoisotopic (exact) mass is 355 g/mol. The molecular formula is C16H22BrNO3. The topological polar surface area (TPSA) is 58.6 Å². The van der Waals surface area contributed by atoms with Gasteiger partial charge in [0.1, 0.15) is 5.75 Å². The van der Waals surface area contributed by atoms with E-state index in [0.29, 0.717) is 5.75 Å². The molecule has 2 N–H and O–H groups in total. The van der Waals surface area contributed by atoms with Gasteiger partial charge in [-0.1, -0.05) is 25.3 Å². The average molecular weight is 356 g/mol. The van der Waals surface area contributed by atoms with Crippen LogP contribution in [0.4, 0.5) is 0 Å². The fraction of sp³-hybridized carbons (Fsp3) is 0.562. The van der Waals surface area contributed by atoms with Crippen LogP contribution in [0.3, 0.4) is 0 Å². The molecular weight excluding hydrogens is 334 g/mol. The lowest BCUT2D eigenvalue weighted by molar-refractivity contribution is -0.128. The van der Waals surface area contributed by atoms with Gasteiger partial charge in [0.25, 0.3) is 5.91 Å². The fourth-order valence-corrected chi connectivity index (χ4v) is 3.07. The Labute approximate surface area is 134 Å². The van der Waals surface area contributed by atoms with Crippen molar-refractivity contribution in [2.24, 2.45) is 0 Å². The van der Waals surface area contributed by atoms with E-state index in [0.717, 1.165) is 22.9 Å². The van der Waals surface area contributed by atoms with Crippen LogP contribution in [0.1, 0.15) is 44.6 Å². The standard InChI is InChI=1S/C16H22BrNO3/c1-11(16(20)18-13-5-3-2-4-6-13)21-15-8-7-12(10-19)9-14(15)17/h7-9,11,13,19H,2-6,10H2,1H3,(H,18,20). The molecule has 0 aromatic heterocycles. The number of rotatable bonds is 5. The summed E-state index contributed by atoms with van der Waals surface area (Å²) in [5.41, 5.74) is 0.800. The molecule has 1 unspecified atom stereocenters. The highest BCUT2D eigenvalue weighted by atomic mass is 79.9. The van der Waals surface area contributed by atoms with E-state index >= 15 is 0 Å². The fourth-order valence-electron chi connectivity index (χ4n) is 2.55. The lowest BCUT2D eigenvalue weighted by atomic mass is 9.95. The molecule has 1 aliphatic rings. The maximum Gasteiger partial charge on any atom is 0.260 e. The first-order valence-electron chi connectivity index (χ1n) is 7.46. The van der Waals surface area contributed by atoms with Gasteiger partial charge in [0.05, 0.1) is 11.1 Å². The number of aliphatic hydroxyl groups excluding tert-OH is 1. The zero-order chi connectivity index (χ0) is 15.2. The number of benzene rings is 1. The summed E-state index contributed by atoms with van der Waals surface area (Å²) in [6.45, 7) is 1.74. The van der Waals surface area contributed by atoms with Gasteiger partial charge >= 0.3 is 0 Å². The average Bonchev–Trinajstić information content (AvgIpc) is 2.50. The van der Waals surface area contributed by atoms with E-state index in [-0.39, 0.29) is 18.6 Å². The molecule has 1 atom stereocenters. The lowest BCUT2D eigenvalue weighted by Gasteiger charge is -2.24. The molecule has 4 nitrogen and oxygen atoms in total. The number of hydrogen-bond donors (Lipinski definition) is 2. The largest absolute Gasteiger partial charge is 0.480 e. The quantitative estimate of drug-likeness (QED) is 0.852. The number of hydrogen-bond acceptors (Lipinski definition) is 3.